The van der Waals surface area contributed by atoms with E-state index in [0.29, 0.717) is 18.0 Å². The molecule has 3 atom stereocenters. The molecule has 0 aliphatic rings. The molecule has 0 heterocycles. The van der Waals surface area contributed by atoms with Crippen molar-refractivity contribution in [1.82, 2.24) is 0 Å². The number of rotatable bonds is 11. The number of nitrogens with two attached hydrogens (primary N) is 2. The fraction of sp³-hybridized carbons (Fsp3) is 1.00. The van der Waals surface area contributed by atoms with Gasteiger partial charge in [-0.15, -0.1) is 8.58 Å². The van der Waals surface area contributed by atoms with E-state index in [-0.39, 0.29) is 0 Å². The molecule has 0 rings (SSSR count). The third kappa shape index (κ3) is 8.13. The van der Waals surface area contributed by atoms with E-state index in [9.17, 15) is 0 Å². The van der Waals surface area contributed by atoms with E-state index in [4.69, 9.17) is 11.5 Å². The van der Waals surface area contributed by atoms with Crippen LogP contribution in [0.25, 0.3) is 0 Å². The van der Waals surface area contributed by atoms with Gasteiger partial charge in [-0.05, 0) is 50.3 Å². The lowest BCUT2D eigenvalue weighted by atomic mass is 9.86. The van der Waals surface area contributed by atoms with Crippen molar-refractivity contribution in [2.45, 2.75) is 71.4 Å². The summed E-state index contributed by atoms with van der Waals surface area (Å²) in [6.45, 7) is 6.60. The van der Waals surface area contributed by atoms with Crippen molar-refractivity contribution in [3.05, 3.63) is 0 Å². The van der Waals surface area contributed by atoms with Crippen molar-refractivity contribution in [2.24, 2.45) is 17.4 Å². The summed E-state index contributed by atoms with van der Waals surface area (Å²) in [7, 11) is 1.15. The van der Waals surface area contributed by atoms with E-state index >= 15 is 0 Å². The van der Waals surface area contributed by atoms with Gasteiger partial charge in [0.2, 0.25) is 0 Å². The fourth-order valence-corrected chi connectivity index (χ4v) is 3.55. The summed E-state index contributed by atoms with van der Waals surface area (Å²) < 4.78 is 0. The molecular weight excluding hydrogens is 227 g/mol. The number of hydrogen-bond donors (Lipinski definition) is 2. The highest BCUT2D eigenvalue weighted by molar-refractivity contribution is 7.37. The Morgan fingerprint density at radius 1 is 0.882 bits per heavy atom. The van der Waals surface area contributed by atoms with E-state index < -0.39 is 0 Å². The molecule has 17 heavy (non-hydrogen) atoms. The Morgan fingerprint density at radius 2 is 1.41 bits per heavy atom. The fourth-order valence-electron chi connectivity index (χ4n) is 2.24. The molecular formula is C14H33N2P. The van der Waals surface area contributed by atoms with Gasteiger partial charge in [-0.2, -0.15) is 0 Å². The van der Waals surface area contributed by atoms with Gasteiger partial charge in [-0.25, -0.2) is 0 Å². The molecule has 0 saturated heterocycles. The van der Waals surface area contributed by atoms with Crippen LogP contribution in [0.2, 0.25) is 0 Å². The molecule has 0 aromatic rings. The Hall–Kier alpha value is 0.350. The van der Waals surface area contributed by atoms with Gasteiger partial charge in [0.05, 0.1) is 0 Å². The SMILES string of the molecule is CCCCPCCCC(C(N)CC)C(N)CC. The lowest BCUT2D eigenvalue weighted by molar-refractivity contribution is 0.313. The molecule has 3 heteroatoms. The smallest absolute Gasteiger partial charge is 0.00793 e. The van der Waals surface area contributed by atoms with Gasteiger partial charge >= 0.3 is 0 Å². The zero-order chi connectivity index (χ0) is 13.1. The molecule has 3 unspecified atom stereocenters. The van der Waals surface area contributed by atoms with Crippen LogP contribution in [0.5, 0.6) is 0 Å². The average Bonchev–Trinajstić information content (AvgIpc) is 2.36. The highest BCUT2D eigenvalue weighted by Crippen LogP contribution is 2.22. The van der Waals surface area contributed by atoms with E-state index in [1.807, 2.05) is 0 Å². The molecule has 2 nitrogen and oxygen atoms in total. The van der Waals surface area contributed by atoms with E-state index in [0.717, 1.165) is 21.4 Å². The predicted octanol–water partition coefficient (Wildman–Crippen LogP) is 3.34. The molecule has 0 aliphatic heterocycles. The van der Waals surface area contributed by atoms with Crippen LogP contribution >= 0.6 is 8.58 Å². The van der Waals surface area contributed by atoms with Gasteiger partial charge < -0.3 is 11.5 Å². The van der Waals surface area contributed by atoms with Crippen molar-refractivity contribution in [2.75, 3.05) is 12.3 Å². The third-order valence-corrected chi connectivity index (χ3v) is 5.06. The Balaban J connectivity index is 3.76. The highest BCUT2D eigenvalue weighted by Gasteiger charge is 2.21. The van der Waals surface area contributed by atoms with Crippen LogP contribution in [0.3, 0.4) is 0 Å². The van der Waals surface area contributed by atoms with E-state index in [1.165, 1.54) is 38.0 Å². The first kappa shape index (κ1) is 17.4. The van der Waals surface area contributed by atoms with Crippen LogP contribution < -0.4 is 11.5 Å². The molecule has 104 valence electrons. The van der Waals surface area contributed by atoms with Crippen LogP contribution in [-0.4, -0.2) is 24.4 Å². The van der Waals surface area contributed by atoms with Crippen molar-refractivity contribution in [3.8, 4) is 0 Å². The van der Waals surface area contributed by atoms with Crippen molar-refractivity contribution >= 4 is 8.58 Å². The molecule has 4 N–H and O–H groups in total. The van der Waals surface area contributed by atoms with Crippen LogP contribution in [0, 0.1) is 5.92 Å². The Bertz CT molecular complexity index is 154. The molecule has 0 spiro atoms. The molecule has 0 aliphatic carbocycles. The first-order valence-electron chi connectivity index (χ1n) is 7.39. The van der Waals surface area contributed by atoms with Gasteiger partial charge in [0.15, 0.2) is 0 Å². The minimum absolute atomic E-state index is 0.295. The minimum atomic E-state index is 0.295. The lowest BCUT2D eigenvalue weighted by Crippen LogP contribution is -2.42. The van der Waals surface area contributed by atoms with Crippen molar-refractivity contribution < 1.29 is 0 Å². The maximum atomic E-state index is 6.18. The monoisotopic (exact) mass is 260 g/mol. The summed E-state index contributed by atoms with van der Waals surface area (Å²) in [6.07, 6.45) is 10.2. The topological polar surface area (TPSA) is 52.0 Å². The second-order valence-electron chi connectivity index (χ2n) is 5.05. The van der Waals surface area contributed by atoms with Gasteiger partial charge in [-0.1, -0.05) is 27.2 Å². The molecule has 0 aromatic carbocycles. The van der Waals surface area contributed by atoms with Crippen LogP contribution in [0.15, 0.2) is 0 Å². The van der Waals surface area contributed by atoms with Crippen LogP contribution in [-0.2, 0) is 0 Å². The summed E-state index contributed by atoms with van der Waals surface area (Å²) >= 11 is 0. The second-order valence-corrected chi connectivity index (χ2v) is 6.55. The Labute approximate surface area is 110 Å². The normalized spacial score (nSPS) is 17.5. The Kier molecular flexibility index (Phi) is 11.7. The summed E-state index contributed by atoms with van der Waals surface area (Å²) in [6, 6.07) is 0.591. The molecule has 0 radical (unpaired) electrons. The summed E-state index contributed by atoms with van der Waals surface area (Å²) in [4.78, 5) is 0. The first-order valence-corrected chi connectivity index (χ1v) is 8.80. The van der Waals surface area contributed by atoms with Gasteiger partial charge in [0.1, 0.15) is 0 Å². The second kappa shape index (κ2) is 11.4. The molecule has 0 amide bonds. The predicted molar refractivity (Wildman–Crippen MR) is 82.2 cm³/mol. The summed E-state index contributed by atoms with van der Waals surface area (Å²) in [5, 5.41) is 0. The average molecular weight is 260 g/mol. The first-order chi connectivity index (χ1) is 8.17. The summed E-state index contributed by atoms with van der Waals surface area (Å²) in [5.41, 5.74) is 12.4. The number of unbranched alkanes of at least 4 members (excludes halogenated alkanes) is 1. The van der Waals surface area contributed by atoms with Crippen LogP contribution in [0.4, 0.5) is 0 Å². The lowest BCUT2D eigenvalue weighted by Gasteiger charge is -2.28. The quantitative estimate of drug-likeness (QED) is 0.442. The van der Waals surface area contributed by atoms with Crippen molar-refractivity contribution in [3.63, 3.8) is 0 Å². The highest BCUT2D eigenvalue weighted by atomic mass is 31.1. The third-order valence-electron chi connectivity index (χ3n) is 3.64. The standard InChI is InChI=1S/C14H33N2P/c1-4-7-10-17-11-8-9-12(13(15)5-2)14(16)6-3/h12-14,17H,4-11,15-16H2,1-3H3. The van der Waals surface area contributed by atoms with Gasteiger partial charge in [0.25, 0.3) is 0 Å². The molecule has 0 bridgehead atoms. The molecule has 0 fully saturated rings. The zero-order valence-electron chi connectivity index (χ0n) is 12.0. The van der Waals surface area contributed by atoms with Gasteiger partial charge in [-0.3, -0.25) is 0 Å². The largest absolute Gasteiger partial charge is 0.327 e. The van der Waals surface area contributed by atoms with Crippen molar-refractivity contribution in [1.29, 1.82) is 0 Å². The van der Waals surface area contributed by atoms with E-state index in [2.05, 4.69) is 20.8 Å². The molecule has 0 saturated carbocycles. The maximum absolute atomic E-state index is 6.18. The number of hydrogen-bond acceptors (Lipinski definition) is 2. The summed E-state index contributed by atoms with van der Waals surface area (Å²) in [5.74, 6) is 0.529. The zero-order valence-corrected chi connectivity index (χ0v) is 13.0. The van der Waals surface area contributed by atoms with E-state index in [1.54, 1.807) is 0 Å². The Morgan fingerprint density at radius 3 is 1.88 bits per heavy atom. The molecule has 0 aromatic heterocycles. The van der Waals surface area contributed by atoms with Gasteiger partial charge in [0, 0.05) is 12.1 Å². The maximum Gasteiger partial charge on any atom is 0.00793 e. The minimum Gasteiger partial charge on any atom is -0.327 e. The van der Waals surface area contributed by atoms with Crippen LogP contribution in [0.1, 0.15) is 59.3 Å².